The lowest BCUT2D eigenvalue weighted by molar-refractivity contribution is -0.107. The van der Waals surface area contributed by atoms with Crippen LogP contribution < -0.4 is 0 Å². The fraction of sp³-hybridized carbons (Fsp3) is 1.00. The van der Waals surface area contributed by atoms with Gasteiger partial charge in [-0.1, -0.05) is 0 Å². The van der Waals surface area contributed by atoms with E-state index in [1.54, 1.807) is 0 Å². The minimum Gasteiger partial charge on any atom is -0.266 e. The third-order valence-corrected chi connectivity index (χ3v) is 2.08. The van der Waals surface area contributed by atoms with E-state index in [0.717, 1.165) is 13.8 Å². The van der Waals surface area contributed by atoms with Gasteiger partial charge in [0.05, 0.1) is 6.61 Å². The van der Waals surface area contributed by atoms with Crippen LogP contribution in [0.1, 0.15) is 13.8 Å². The minimum atomic E-state index is -4.88. The van der Waals surface area contributed by atoms with Crippen LogP contribution in [0.5, 0.6) is 0 Å². The molecule has 8 heteroatoms. The van der Waals surface area contributed by atoms with Crippen molar-refractivity contribution in [2.45, 2.75) is 25.7 Å². The molecule has 0 unspecified atom stereocenters. The van der Waals surface area contributed by atoms with Gasteiger partial charge in [-0.2, -0.15) is 21.6 Å². The van der Waals surface area contributed by atoms with E-state index in [1.807, 2.05) is 0 Å². The molecule has 0 aliphatic rings. The molecule has 0 aliphatic heterocycles. The Morgan fingerprint density at radius 1 is 1.14 bits per heavy atom. The molecule has 0 radical (unpaired) electrons. The first-order valence-corrected chi connectivity index (χ1v) is 5.12. The van der Waals surface area contributed by atoms with E-state index < -0.39 is 34.3 Å². The maximum absolute atomic E-state index is 12.7. The van der Waals surface area contributed by atoms with E-state index in [-0.39, 0.29) is 0 Å². The predicted molar refractivity (Wildman–Crippen MR) is 41.0 cm³/mol. The highest BCUT2D eigenvalue weighted by Gasteiger charge is 2.36. The van der Waals surface area contributed by atoms with Crippen LogP contribution >= 0.6 is 0 Å². The Kier molecular flexibility index (Phi) is 3.91. The Hall–Kier alpha value is -0.370. The van der Waals surface area contributed by atoms with Gasteiger partial charge >= 0.3 is 6.18 Å². The molecule has 0 saturated heterocycles. The van der Waals surface area contributed by atoms with Gasteiger partial charge in [-0.25, -0.2) is 4.39 Å². The van der Waals surface area contributed by atoms with Crippen LogP contribution in [0, 0.1) is 0 Å². The van der Waals surface area contributed by atoms with Crippen LogP contribution in [0.3, 0.4) is 0 Å². The van der Waals surface area contributed by atoms with E-state index in [2.05, 4.69) is 4.18 Å². The van der Waals surface area contributed by atoms with Crippen LogP contribution in [0.2, 0.25) is 0 Å². The largest absolute Gasteiger partial charge is 0.405 e. The molecule has 86 valence electrons. The molecule has 0 aliphatic carbocycles. The average Bonchev–Trinajstić information content (AvgIpc) is 1.76. The van der Waals surface area contributed by atoms with Crippen molar-refractivity contribution < 1.29 is 30.2 Å². The quantitative estimate of drug-likeness (QED) is 0.552. The summed E-state index contributed by atoms with van der Waals surface area (Å²) in [6, 6.07) is 0. The summed E-state index contributed by atoms with van der Waals surface area (Å²) in [4.78, 5) is 0. The normalized spacial score (nSPS) is 14.4. The highest BCUT2D eigenvalue weighted by atomic mass is 32.2. The van der Waals surface area contributed by atoms with E-state index in [0.29, 0.717) is 0 Å². The standard InChI is InChI=1S/C6H10F4O3S/c1-5(2,7)3-13-14(11,12)4-6(8,9)10/h3-4H2,1-2H3. The summed E-state index contributed by atoms with van der Waals surface area (Å²) >= 11 is 0. The van der Waals surface area contributed by atoms with Crippen LogP contribution in [-0.4, -0.2) is 32.6 Å². The lowest BCUT2D eigenvalue weighted by atomic mass is 10.2. The molecule has 0 aromatic rings. The van der Waals surface area contributed by atoms with Crippen LogP contribution in [0.25, 0.3) is 0 Å². The molecule has 0 N–H and O–H groups in total. The Morgan fingerprint density at radius 2 is 1.57 bits per heavy atom. The SMILES string of the molecule is CC(C)(F)COS(=O)(=O)CC(F)(F)F. The zero-order chi connectivity index (χ0) is 11.6. The molecule has 3 nitrogen and oxygen atoms in total. The first kappa shape index (κ1) is 13.6. The van der Waals surface area contributed by atoms with Gasteiger partial charge in [-0.15, -0.1) is 0 Å². The molecule has 14 heavy (non-hydrogen) atoms. The van der Waals surface area contributed by atoms with Gasteiger partial charge in [-0.3, -0.25) is 4.18 Å². The Morgan fingerprint density at radius 3 is 1.86 bits per heavy atom. The zero-order valence-corrected chi connectivity index (χ0v) is 8.38. The van der Waals surface area contributed by atoms with Crippen molar-refractivity contribution in [3.8, 4) is 0 Å². The van der Waals surface area contributed by atoms with Gasteiger partial charge in [0.25, 0.3) is 10.1 Å². The number of hydrogen-bond acceptors (Lipinski definition) is 3. The molecule has 0 heterocycles. The number of hydrogen-bond donors (Lipinski definition) is 0. The second-order valence-corrected chi connectivity index (χ2v) is 4.94. The summed E-state index contributed by atoms with van der Waals surface area (Å²) < 4.78 is 72.6. The highest BCUT2D eigenvalue weighted by molar-refractivity contribution is 7.86. The van der Waals surface area contributed by atoms with Gasteiger partial charge in [0, 0.05) is 0 Å². The molecule has 0 amide bonds. The third-order valence-electron chi connectivity index (χ3n) is 0.922. The third kappa shape index (κ3) is 8.24. The average molecular weight is 238 g/mol. The Balaban J connectivity index is 4.25. The van der Waals surface area contributed by atoms with E-state index in [4.69, 9.17) is 0 Å². The summed E-state index contributed by atoms with van der Waals surface area (Å²) in [5.74, 6) is -2.10. The van der Waals surface area contributed by atoms with Crippen LogP contribution in [0.4, 0.5) is 17.6 Å². The molecule has 0 atom stereocenters. The fourth-order valence-corrected chi connectivity index (χ4v) is 1.42. The van der Waals surface area contributed by atoms with Crippen molar-refractivity contribution in [3.63, 3.8) is 0 Å². The number of rotatable bonds is 4. The topological polar surface area (TPSA) is 43.4 Å². The Bertz CT molecular complexity index is 274. The highest BCUT2D eigenvalue weighted by Crippen LogP contribution is 2.19. The summed E-state index contributed by atoms with van der Waals surface area (Å²) in [6.45, 7) is 1.07. The minimum absolute atomic E-state index is 0.925. The van der Waals surface area contributed by atoms with Crippen molar-refractivity contribution >= 4 is 10.1 Å². The van der Waals surface area contributed by atoms with Crippen molar-refractivity contribution in [3.05, 3.63) is 0 Å². The van der Waals surface area contributed by atoms with Gasteiger partial charge in [0.1, 0.15) is 5.67 Å². The van der Waals surface area contributed by atoms with Crippen molar-refractivity contribution in [2.24, 2.45) is 0 Å². The first-order chi connectivity index (χ1) is 5.91. The number of halogens is 4. The molecule has 0 aromatic heterocycles. The molecule has 0 saturated carbocycles. The summed E-state index contributed by atoms with van der Waals surface area (Å²) in [6.07, 6.45) is -4.88. The second kappa shape index (κ2) is 4.01. The van der Waals surface area contributed by atoms with Crippen LogP contribution in [-0.2, 0) is 14.3 Å². The summed E-state index contributed by atoms with van der Waals surface area (Å²) in [7, 11) is -4.74. The fourth-order valence-electron chi connectivity index (χ4n) is 0.472. The molecule has 0 aromatic carbocycles. The second-order valence-electron chi connectivity index (χ2n) is 3.30. The summed E-state index contributed by atoms with van der Waals surface area (Å²) in [5, 5.41) is 0. The van der Waals surface area contributed by atoms with Crippen molar-refractivity contribution in [1.82, 2.24) is 0 Å². The molecular formula is C6H10F4O3S. The van der Waals surface area contributed by atoms with Crippen LogP contribution in [0.15, 0.2) is 0 Å². The lowest BCUT2D eigenvalue weighted by Gasteiger charge is -2.14. The van der Waals surface area contributed by atoms with Crippen molar-refractivity contribution in [2.75, 3.05) is 12.4 Å². The smallest absolute Gasteiger partial charge is 0.266 e. The monoisotopic (exact) mass is 238 g/mol. The lowest BCUT2D eigenvalue weighted by Crippen LogP contribution is -2.29. The van der Waals surface area contributed by atoms with E-state index in [9.17, 15) is 26.0 Å². The van der Waals surface area contributed by atoms with Gasteiger partial charge < -0.3 is 0 Å². The van der Waals surface area contributed by atoms with E-state index >= 15 is 0 Å². The maximum Gasteiger partial charge on any atom is 0.405 e. The van der Waals surface area contributed by atoms with Crippen molar-refractivity contribution in [1.29, 1.82) is 0 Å². The molecular weight excluding hydrogens is 228 g/mol. The molecule has 0 bridgehead atoms. The van der Waals surface area contributed by atoms with E-state index in [1.165, 1.54) is 0 Å². The zero-order valence-electron chi connectivity index (χ0n) is 7.56. The van der Waals surface area contributed by atoms with Gasteiger partial charge in [0.2, 0.25) is 0 Å². The summed E-state index contributed by atoms with van der Waals surface area (Å²) in [5.41, 5.74) is -1.99. The molecule has 0 fully saturated rings. The predicted octanol–water partition coefficient (Wildman–Crippen LogP) is 1.64. The molecule has 0 rings (SSSR count). The Labute approximate surface area is 79.2 Å². The molecule has 0 spiro atoms. The van der Waals surface area contributed by atoms with Gasteiger partial charge in [-0.05, 0) is 13.8 Å². The first-order valence-electron chi connectivity index (χ1n) is 3.54. The number of alkyl halides is 4. The van der Waals surface area contributed by atoms with Gasteiger partial charge in [0.15, 0.2) is 5.75 Å². The maximum atomic E-state index is 12.7.